The van der Waals surface area contributed by atoms with Crippen molar-refractivity contribution in [1.29, 1.82) is 5.41 Å². The average Bonchev–Trinajstić information content (AvgIpc) is 1.88. The summed E-state index contributed by atoms with van der Waals surface area (Å²) in [5.41, 5.74) is 0.819. The molecule has 0 aliphatic rings. The van der Waals surface area contributed by atoms with Crippen molar-refractivity contribution in [3.05, 3.63) is 24.3 Å². The number of allylic oxidation sites excluding steroid dienone is 2. The van der Waals surface area contributed by atoms with Crippen molar-refractivity contribution in [1.82, 2.24) is 0 Å². The van der Waals surface area contributed by atoms with E-state index in [1.807, 2.05) is 0 Å². The van der Waals surface area contributed by atoms with Gasteiger partial charge in [0.25, 0.3) is 0 Å². The van der Waals surface area contributed by atoms with E-state index in [9.17, 15) is 0 Å². The van der Waals surface area contributed by atoms with Gasteiger partial charge in [0.1, 0.15) is 0 Å². The molecule has 0 spiro atoms. The quantitative estimate of drug-likeness (QED) is 0.433. The zero-order valence-corrected chi connectivity index (χ0v) is 5.30. The molecule has 0 radical (unpaired) electrons. The zero-order valence-electron chi connectivity index (χ0n) is 5.30. The minimum atomic E-state index is 0.496. The van der Waals surface area contributed by atoms with Crippen LogP contribution in [-0.4, -0.2) is 19.5 Å². The maximum Gasteiger partial charge on any atom is 0.0647 e. The SMILES string of the molecule is C=C/C=C(\C=N)CN=C. The summed E-state index contributed by atoms with van der Waals surface area (Å²) in [6, 6.07) is 0. The highest BCUT2D eigenvalue weighted by molar-refractivity contribution is 5.76. The predicted molar refractivity (Wildman–Crippen MR) is 41.5 cm³/mol. The molecule has 0 aromatic carbocycles. The molecule has 48 valence electrons. The lowest BCUT2D eigenvalue weighted by Crippen LogP contribution is -1.86. The normalized spacial score (nSPS) is 10.4. The summed E-state index contributed by atoms with van der Waals surface area (Å²) in [6.45, 7) is 7.29. The van der Waals surface area contributed by atoms with Gasteiger partial charge in [-0.15, -0.1) is 0 Å². The smallest absolute Gasteiger partial charge is 0.0647 e. The maximum atomic E-state index is 6.84. The van der Waals surface area contributed by atoms with Gasteiger partial charge in [0.15, 0.2) is 0 Å². The Morgan fingerprint density at radius 2 is 2.33 bits per heavy atom. The fourth-order valence-electron chi connectivity index (χ4n) is 0.427. The third-order valence-corrected chi connectivity index (χ3v) is 0.812. The molecule has 0 amide bonds. The van der Waals surface area contributed by atoms with Crippen LogP contribution in [0.2, 0.25) is 0 Å². The Labute approximate surface area is 55.1 Å². The highest BCUT2D eigenvalue weighted by Gasteiger charge is 1.83. The molecule has 0 heterocycles. The van der Waals surface area contributed by atoms with Crippen LogP contribution in [0.1, 0.15) is 0 Å². The molecular formula is C7H10N2. The highest BCUT2D eigenvalue weighted by atomic mass is 14.7. The summed E-state index contributed by atoms with van der Waals surface area (Å²) < 4.78 is 0. The minimum absolute atomic E-state index is 0.496. The van der Waals surface area contributed by atoms with E-state index in [-0.39, 0.29) is 0 Å². The van der Waals surface area contributed by atoms with E-state index in [0.29, 0.717) is 6.54 Å². The topological polar surface area (TPSA) is 36.2 Å². The van der Waals surface area contributed by atoms with Crippen LogP contribution in [0, 0.1) is 5.41 Å². The first-order valence-electron chi connectivity index (χ1n) is 2.59. The maximum absolute atomic E-state index is 6.84. The van der Waals surface area contributed by atoms with Crippen molar-refractivity contribution in [2.24, 2.45) is 4.99 Å². The van der Waals surface area contributed by atoms with Crippen LogP contribution in [0.25, 0.3) is 0 Å². The summed E-state index contributed by atoms with van der Waals surface area (Å²) in [6.07, 6.45) is 4.61. The molecule has 0 atom stereocenters. The largest absolute Gasteiger partial charge is 0.308 e. The molecule has 9 heavy (non-hydrogen) atoms. The van der Waals surface area contributed by atoms with Gasteiger partial charge in [0.05, 0.1) is 6.54 Å². The van der Waals surface area contributed by atoms with Gasteiger partial charge in [-0.3, -0.25) is 4.99 Å². The molecule has 0 fully saturated rings. The summed E-state index contributed by atoms with van der Waals surface area (Å²) in [4.78, 5) is 3.61. The predicted octanol–water partition coefficient (Wildman–Crippen LogP) is 1.45. The molecule has 2 nitrogen and oxygen atoms in total. The van der Waals surface area contributed by atoms with Gasteiger partial charge in [0, 0.05) is 6.21 Å². The average molecular weight is 122 g/mol. The van der Waals surface area contributed by atoms with Crippen molar-refractivity contribution in [3.63, 3.8) is 0 Å². The van der Waals surface area contributed by atoms with Gasteiger partial charge in [0.2, 0.25) is 0 Å². The lowest BCUT2D eigenvalue weighted by Gasteiger charge is -1.89. The summed E-state index contributed by atoms with van der Waals surface area (Å²) >= 11 is 0. The number of nitrogens with one attached hydrogen (secondary N) is 1. The Hall–Kier alpha value is -1.18. The molecule has 0 aliphatic heterocycles. The van der Waals surface area contributed by atoms with Crippen molar-refractivity contribution in [2.45, 2.75) is 0 Å². The van der Waals surface area contributed by atoms with Crippen LogP contribution in [0.4, 0.5) is 0 Å². The van der Waals surface area contributed by atoms with E-state index in [0.717, 1.165) is 5.57 Å². The van der Waals surface area contributed by atoms with Gasteiger partial charge < -0.3 is 5.41 Å². The molecule has 0 rings (SSSR count). The highest BCUT2D eigenvalue weighted by Crippen LogP contribution is 1.89. The van der Waals surface area contributed by atoms with E-state index >= 15 is 0 Å². The van der Waals surface area contributed by atoms with Gasteiger partial charge in [-0.05, 0) is 12.3 Å². The van der Waals surface area contributed by atoms with Gasteiger partial charge in [-0.25, -0.2) is 0 Å². The first-order valence-corrected chi connectivity index (χ1v) is 2.59. The van der Waals surface area contributed by atoms with Crippen molar-refractivity contribution >= 4 is 12.9 Å². The Morgan fingerprint density at radius 3 is 2.67 bits per heavy atom. The number of hydrogen-bond donors (Lipinski definition) is 1. The number of aliphatic imine (C=N–C) groups is 1. The summed E-state index contributed by atoms with van der Waals surface area (Å²) in [7, 11) is 0. The Morgan fingerprint density at radius 1 is 1.67 bits per heavy atom. The molecule has 0 aromatic rings. The van der Waals surface area contributed by atoms with E-state index in [2.05, 4.69) is 18.3 Å². The van der Waals surface area contributed by atoms with E-state index in [1.165, 1.54) is 6.21 Å². The van der Waals surface area contributed by atoms with E-state index in [4.69, 9.17) is 5.41 Å². The van der Waals surface area contributed by atoms with Crippen LogP contribution < -0.4 is 0 Å². The van der Waals surface area contributed by atoms with Crippen LogP contribution in [0.5, 0.6) is 0 Å². The fourth-order valence-corrected chi connectivity index (χ4v) is 0.427. The van der Waals surface area contributed by atoms with Crippen molar-refractivity contribution in [3.8, 4) is 0 Å². The van der Waals surface area contributed by atoms with Crippen molar-refractivity contribution < 1.29 is 0 Å². The molecule has 0 saturated heterocycles. The lowest BCUT2D eigenvalue weighted by atomic mass is 10.3. The summed E-state index contributed by atoms with van der Waals surface area (Å²) in [5.74, 6) is 0. The van der Waals surface area contributed by atoms with E-state index in [1.54, 1.807) is 12.2 Å². The molecule has 1 N–H and O–H groups in total. The molecule has 2 heteroatoms. The fraction of sp³-hybridized carbons (Fsp3) is 0.143. The number of rotatable bonds is 4. The number of hydrogen-bond acceptors (Lipinski definition) is 2. The third-order valence-electron chi connectivity index (χ3n) is 0.812. The zero-order chi connectivity index (χ0) is 7.11. The monoisotopic (exact) mass is 122 g/mol. The minimum Gasteiger partial charge on any atom is -0.308 e. The molecule has 0 saturated carbocycles. The van der Waals surface area contributed by atoms with Gasteiger partial charge in [-0.2, -0.15) is 0 Å². The molecule has 0 bridgehead atoms. The molecule has 0 aliphatic carbocycles. The number of nitrogens with zero attached hydrogens (tertiary/aromatic N) is 1. The Bertz CT molecular complexity index is 145. The van der Waals surface area contributed by atoms with Crippen LogP contribution in [0.3, 0.4) is 0 Å². The second kappa shape index (κ2) is 4.97. The van der Waals surface area contributed by atoms with Crippen LogP contribution in [-0.2, 0) is 0 Å². The lowest BCUT2D eigenvalue weighted by molar-refractivity contribution is 1.22. The summed E-state index contributed by atoms with van der Waals surface area (Å²) in [5, 5.41) is 6.84. The van der Waals surface area contributed by atoms with Gasteiger partial charge >= 0.3 is 0 Å². The third kappa shape index (κ3) is 3.41. The second-order valence-electron chi connectivity index (χ2n) is 1.50. The molecular weight excluding hydrogens is 112 g/mol. The van der Waals surface area contributed by atoms with Gasteiger partial charge in [-0.1, -0.05) is 18.7 Å². The van der Waals surface area contributed by atoms with Crippen LogP contribution in [0.15, 0.2) is 29.3 Å². The van der Waals surface area contributed by atoms with Crippen molar-refractivity contribution in [2.75, 3.05) is 6.54 Å². The Kier molecular flexibility index (Phi) is 4.32. The first kappa shape index (κ1) is 7.82. The van der Waals surface area contributed by atoms with Crippen LogP contribution >= 0.6 is 0 Å². The molecule has 0 unspecified atom stereocenters. The standard InChI is InChI=1S/C7H10N2/c1-3-4-7(5-8)6-9-2/h3-5,8H,1-2,6H2/b7-4+,8-5?. The Balaban J connectivity index is 3.95. The van der Waals surface area contributed by atoms with E-state index < -0.39 is 0 Å². The second-order valence-corrected chi connectivity index (χ2v) is 1.50. The molecule has 0 aromatic heterocycles. The first-order chi connectivity index (χ1) is 4.35.